The summed E-state index contributed by atoms with van der Waals surface area (Å²) in [5, 5.41) is 25.6. The highest BCUT2D eigenvalue weighted by Gasteiger charge is 2.19. The van der Waals surface area contributed by atoms with E-state index < -0.39 is 28.4 Å². The minimum atomic E-state index is -1.25. The molecule has 1 atom stereocenters. The lowest BCUT2D eigenvalue weighted by Crippen LogP contribution is -2.15. The van der Waals surface area contributed by atoms with Crippen LogP contribution in [0.4, 0.5) is 4.39 Å². The molecule has 1 unspecified atom stereocenters. The molecule has 174 valence electrons. The molecule has 3 aromatic carbocycles. The first-order valence-corrected chi connectivity index (χ1v) is 12.1. The lowest BCUT2D eigenvalue weighted by Gasteiger charge is -2.14. The summed E-state index contributed by atoms with van der Waals surface area (Å²) in [6.45, 7) is 0. The van der Waals surface area contributed by atoms with E-state index in [0.717, 1.165) is 0 Å². The van der Waals surface area contributed by atoms with E-state index in [9.17, 15) is 4.21 Å². The van der Waals surface area contributed by atoms with E-state index in [-0.39, 0.29) is 49.7 Å². The highest BCUT2D eigenvalue weighted by molar-refractivity contribution is 7.84. The van der Waals surface area contributed by atoms with Crippen LogP contribution in [0.5, 0.6) is 11.5 Å². The van der Waals surface area contributed by atoms with E-state index in [1.54, 1.807) is 0 Å². The zero-order valence-electron chi connectivity index (χ0n) is 17.4. The van der Waals surface area contributed by atoms with Gasteiger partial charge in [0.2, 0.25) is 5.90 Å². The second kappa shape index (κ2) is 11.0. The van der Waals surface area contributed by atoms with Crippen LogP contribution >= 0.6 is 34.8 Å². The largest absolute Gasteiger partial charge is 0.453 e. The summed E-state index contributed by atoms with van der Waals surface area (Å²) in [4.78, 5) is 0.481. The van der Waals surface area contributed by atoms with Crippen LogP contribution in [0.3, 0.4) is 0 Å². The Labute approximate surface area is 212 Å². The molecule has 0 saturated heterocycles. The second-order valence-electron chi connectivity index (χ2n) is 6.87. The molecule has 0 amide bonds. The maximum atomic E-state index is 15.1. The Hall–Kier alpha value is -2.96. The van der Waals surface area contributed by atoms with Crippen LogP contribution in [-0.2, 0) is 22.0 Å². The number of nitrogens with zero attached hydrogens (tertiary/aromatic N) is 1. The third kappa shape index (κ3) is 6.13. The van der Waals surface area contributed by atoms with Gasteiger partial charge in [-0.2, -0.15) is 5.26 Å². The Morgan fingerprint density at radius 2 is 1.82 bits per heavy atom. The van der Waals surface area contributed by atoms with Crippen molar-refractivity contribution < 1.29 is 18.1 Å². The van der Waals surface area contributed by atoms with Crippen LogP contribution in [0, 0.1) is 28.0 Å². The molecular weight excluding hydrogens is 524 g/mol. The fourth-order valence-corrected chi connectivity index (χ4v) is 4.14. The first-order chi connectivity index (χ1) is 16.1. The third-order valence-corrected chi connectivity index (χ3v) is 6.19. The number of hydrogen-bond donors (Lipinski definition) is 2. The van der Waals surface area contributed by atoms with Crippen LogP contribution in [0.25, 0.3) is 0 Å². The van der Waals surface area contributed by atoms with Crippen molar-refractivity contribution in [3.05, 3.63) is 86.1 Å². The summed E-state index contributed by atoms with van der Waals surface area (Å²) in [7, 11) is -1.25. The van der Waals surface area contributed by atoms with Crippen LogP contribution in [0.2, 0.25) is 15.1 Å². The van der Waals surface area contributed by atoms with Crippen molar-refractivity contribution in [2.45, 2.75) is 11.3 Å². The van der Waals surface area contributed by atoms with Crippen molar-refractivity contribution in [2.24, 2.45) is 0 Å². The van der Waals surface area contributed by atoms with Gasteiger partial charge in [-0.1, -0.05) is 40.9 Å². The molecule has 0 bridgehead atoms. The molecule has 0 fully saturated rings. The minimum absolute atomic E-state index is 0.0277. The molecule has 0 spiro atoms. The van der Waals surface area contributed by atoms with E-state index in [2.05, 4.69) is 0 Å². The zero-order chi connectivity index (χ0) is 25.0. The summed E-state index contributed by atoms with van der Waals surface area (Å²) in [5.74, 6) is -1.87. The monoisotopic (exact) mass is 537 g/mol. The number of rotatable bonds is 6. The molecule has 3 aromatic rings. The van der Waals surface area contributed by atoms with Crippen molar-refractivity contribution >= 4 is 57.4 Å². The van der Waals surface area contributed by atoms with Crippen LogP contribution in [-0.4, -0.2) is 22.3 Å². The van der Waals surface area contributed by atoms with Gasteiger partial charge in [0.15, 0.2) is 17.5 Å². The zero-order valence-corrected chi connectivity index (χ0v) is 20.5. The number of benzene rings is 3. The van der Waals surface area contributed by atoms with Gasteiger partial charge in [0.05, 0.1) is 33.7 Å². The van der Waals surface area contributed by atoms with Gasteiger partial charge >= 0.3 is 0 Å². The first kappa shape index (κ1) is 25.7. The molecule has 0 heterocycles. The summed E-state index contributed by atoms with van der Waals surface area (Å²) in [5.41, 5.74) is 0.443. The van der Waals surface area contributed by atoms with Crippen LogP contribution < -0.4 is 4.74 Å². The van der Waals surface area contributed by atoms with Crippen LogP contribution in [0.15, 0.2) is 53.4 Å². The van der Waals surface area contributed by atoms with Crippen molar-refractivity contribution in [3.63, 3.8) is 0 Å². The Bertz CT molecular complexity index is 1380. The molecule has 34 heavy (non-hydrogen) atoms. The maximum absolute atomic E-state index is 15.1. The van der Waals surface area contributed by atoms with Gasteiger partial charge < -0.3 is 9.47 Å². The summed E-state index contributed by atoms with van der Waals surface area (Å²) in [6, 6.07) is 13.3. The Kier molecular flexibility index (Phi) is 8.28. The van der Waals surface area contributed by atoms with Gasteiger partial charge in [-0.05, 0) is 42.5 Å². The standard InChI is InChI=1S/C23H15Cl3FN3O3S/c1-34(31)16-3-4-17(19(26)10-16)23(30)33-20(29)8-13-2-5-18(25)22(21(13)27)32-15-7-12(11-28)6-14(24)9-15/h2-7,9-10,29-30H,8H2,1H3. The quantitative estimate of drug-likeness (QED) is 0.267. The van der Waals surface area contributed by atoms with Gasteiger partial charge in [-0.15, -0.1) is 0 Å². The topological polar surface area (TPSA) is 107 Å². The van der Waals surface area contributed by atoms with Gasteiger partial charge in [0.25, 0.3) is 0 Å². The molecule has 11 heteroatoms. The van der Waals surface area contributed by atoms with Crippen LogP contribution in [0.1, 0.15) is 16.7 Å². The molecule has 0 aliphatic carbocycles. The number of ether oxygens (including phenoxy) is 2. The Morgan fingerprint density at radius 1 is 1.09 bits per heavy atom. The van der Waals surface area contributed by atoms with E-state index in [4.69, 9.17) is 60.4 Å². The van der Waals surface area contributed by atoms with E-state index in [0.29, 0.717) is 4.90 Å². The minimum Gasteiger partial charge on any atom is -0.453 e. The molecule has 0 aromatic heterocycles. The maximum Gasteiger partial charge on any atom is 0.222 e. The molecule has 0 radical (unpaired) electrons. The van der Waals surface area contributed by atoms with Crippen molar-refractivity contribution in [2.75, 3.05) is 6.26 Å². The predicted octanol–water partition coefficient (Wildman–Crippen LogP) is 6.75. The average molecular weight is 539 g/mol. The van der Waals surface area contributed by atoms with E-state index in [1.165, 1.54) is 54.8 Å². The normalized spacial score (nSPS) is 11.4. The summed E-state index contributed by atoms with van der Waals surface area (Å²) >= 11 is 18.2. The molecule has 3 rings (SSSR count). The molecule has 0 aliphatic heterocycles. The molecule has 0 aliphatic rings. The molecule has 2 N–H and O–H groups in total. The van der Waals surface area contributed by atoms with Gasteiger partial charge in [0.1, 0.15) is 5.75 Å². The molecular formula is C23H15Cl3FN3O3S. The van der Waals surface area contributed by atoms with Gasteiger partial charge in [0, 0.05) is 32.5 Å². The Balaban J connectivity index is 1.78. The average Bonchev–Trinajstić information content (AvgIpc) is 2.77. The smallest absolute Gasteiger partial charge is 0.222 e. The lowest BCUT2D eigenvalue weighted by molar-refractivity contribution is 0.438. The number of nitriles is 1. The summed E-state index contributed by atoms with van der Waals surface area (Å²) in [6.07, 6.45) is 1.19. The first-order valence-electron chi connectivity index (χ1n) is 9.41. The molecule has 0 saturated carbocycles. The number of hydrogen-bond acceptors (Lipinski definition) is 6. The highest BCUT2D eigenvalue weighted by atomic mass is 35.5. The van der Waals surface area contributed by atoms with E-state index >= 15 is 4.39 Å². The Morgan fingerprint density at radius 3 is 2.47 bits per heavy atom. The third-order valence-electron chi connectivity index (χ3n) is 4.44. The fourth-order valence-electron chi connectivity index (χ4n) is 2.85. The SMILES string of the molecule is CS(=O)c1ccc(C(=N)OC(=N)Cc2ccc(Cl)c(Oc3cc(Cl)cc(C#N)c3)c2F)c(Cl)c1. The van der Waals surface area contributed by atoms with E-state index in [1.807, 2.05) is 6.07 Å². The van der Waals surface area contributed by atoms with Crippen molar-refractivity contribution in [1.82, 2.24) is 0 Å². The molecule has 6 nitrogen and oxygen atoms in total. The summed E-state index contributed by atoms with van der Waals surface area (Å²) < 4.78 is 37.5. The van der Waals surface area contributed by atoms with Crippen molar-refractivity contribution in [3.8, 4) is 17.6 Å². The predicted molar refractivity (Wildman–Crippen MR) is 131 cm³/mol. The number of halogens is 4. The fraction of sp³-hybridized carbons (Fsp3) is 0.0870. The van der Waals surface area contributed by atoms with Gasteiger partial charge in [-0.25, -0.2) is 4.39 Å². The number of nitrogens with one attached hydrogen (secondary N) is 2. The lowest BCUT2D eigenvalue weighted by atomic mass is 10.1. The second-order valence-corrected chi connectivity index (χ2v) is 9.50. The highest BCUT2D eigenvalue weighted by Crippen LogP contribution is 2.35. The van der Waals surface area contributed by atoms with Gasteiger partial charge in [-0.3, -0.25) is 15.0 Å². The van der Waals surface area contributed by atoms with Crippen molar-refractivity contribution in [1.29, 1.82) is 16.1 Å².